The van der Waals surface area contributed by atoms with Crippen LogP contribution >= 0.6 is 11.3 Å². The number of carbonyl (C=O) groups is 1. The van der Waals surface area contributed by atoms with Crippen molar-refractivity contribution in [3.8, 4) is 0 Å². The van der Waals surface area contributed by atoms with E-state index < -0.39 is 15.3 Å². The van der Waals surface area contributed by atoms with Gasteiger partial charge in [0.25, 0.3) is 5.91 Å². The van der Waals surface area contributed by atoms with Crippen molar-refractivity contribution in [2.45, 2.75) is 25.5 Å². The summed E-state index contributed by atoms with van der Waals surface area (Å²) in [7, 11) is -3.33. The highest BCUT2D eigenvalue weighted by molar-refractivity contribution is 7.90. The number of aryl methyl sites for hydroxylation is 1. The minimum Gasteiger partial charge on any atom is -0.335 e. The average Bonchev–Trinajstić information content (AvgIpc) is 2.96. The highest BCUT2D eigenvalue weighted by Crippen LogP contribution is 2.20. The molecule has 1 saturated heterocycles. The first-order valence-electron chi connectivity index (χ1n) is 6.02. The summed E-state index contributed by atoms with van der Waals surface area (Å²) in [5.74, 6) is -0.236. The second-order valence-electron chi connectivity index (χ2n) is 4.33. The van der Waals surface area contributed by atoms with Crippen LogP contribution in [0.4, 0.5) is 0 Å². The molecule has 106 valence electrons. The summed E-state index contributed by atoms with van der Waals surface area (Å²) in [6.07, 6.45) is 0.457. The molecule has 1 aliphatic rings. The molecule has 0 spiro atoms. The average molecular weight is 304 g/mol. The lowest BCUT2D eigenvalue weighted by atomic mass is 10.4. The fourth-order valence-corrected chi connectivity index (χ4v) is 4.09. The highest BCUT2D eigenvalue weighted by Gasteiger charge is 2.35. The molecule has 1 atom stereocenters. The van der Waals surface area contributed by atoms with Crippen LogP contribution in [-0.4, -0.2) is 54.3 Å². The summed E-state index contributed by atoms with van der Waals surface area (Å²) in [6.45, 7) is 4.53. The lowest BCUT2D eigenvalue weighted by Gasteiger charge is -2.15. The summed E-state index contributed by atoms with van der Waals surface area (Å²) >= 11 is 1.22. The Kier molecular flexibility index (Phi) is 4.16. The number of carbonyl (C=O) groups excluding carboxylic acids is 1. The first-order valence-corrected chi connectivity index (χ1v) is 8.38. The monoisotopic (exact) mass is 304 g/mol. The lowest BCUT2D eigenvalue weighted by molar-refractivity contribution is 0.0792. The zero-order valence-electron chi connectivity index (χ0n) is 10.8. The van der Waals surface area contributed by atoms with Crippen molar-refractivity contribution in [1.82, 2.24) is 19.8 Å². The van der Waals surface area contributed by atoms with E-state index >= 15 is 0 Å². The van der Waals surface area contributed by atoms with E-state index in [1.165, 1.54) is 16.2 Å². The van der Waals surface area contributed by atoms with Gasteiger partial charge in [0, 0.05) is 19.6 Å². The van der Waals surface area contributed by atoms with Crippen molar-refractivity contribution in [3.05, 3.63) is 10.0 Å². The minimum atomic E-state index is -3.33. The van der Waals surface area contributed by atoms with Gasteiger partial charge in [0.15, 0.2) is 0 Å². The first kappa shape index (κ1) is 14.4. The van der Waals surface area contributed by atoms with E-state index in [0.29, 0.717) is 24.5 Å². The number of sulfonamides is 1. The van der Waals surface area contributed by atoms with E-state index in [0.717, 1.165) is 5.01 Å². The van der Waals surface area contributed by atoms with Gasteiger partial charge in [0.2, 0.25) is 15.0 Å². The fourth-order valence-electron chi connectivity index (χ4n) is 2.00. The maximum Gasteiger partial charge on any atom is 0.284 e. The van der Waals surface area contributed by atoms with Gasteiger partial charge >= 0.3 is 0 Å². The van der Waals surface area contributed by atoms with Crippen LogP contribution in [0.1, 0.15) is 28.2 Å². The van der Waals surface area contributed by atoms with Gasteiger partial charge in [0.1, 0.15) is 5.01 Å². The van der Waals surface area contributed by atoms with E-state index in [1.807, 2.05) is 0 Å². The highest BCUT2D eigenvalue weighted by atomic mass is 32.2. The van der Waals surface area contributed by atoms with Crippen LogP contribution in [-0.2, 0) is 10.0 Å². The van der Waals surface area contributed by atoms with Gasteiger partial charge in [-0.25, -0.2) is 13.1 Å². The van der Waals surface area contributed by atoms with Crippen LogP contribution in [0.3, 0.4) is 0 Å². The Balaban J connectivity index is 2.04. The normalized spacial score (nSPS) is 19.9. The molecule has 1 N–H and O–H groups in total. The van der Waals surface area contributed by atoms with Crippen molar-refractivity contribution in [2.75, 3.05) is 19.6 Å². The molecule has 9 heteroatoms. The van der Waals surface area contributed by atoms with E-state index in [4.69, 9.17) is 0 Å². The molecule has 1 aliphatic heterocycles. The number of aromatic nitrogens is 2. The van der Waals surface area contributed by atoms with E-state index in [2.05, 4.69) is 14.9 Å². The molecule has 0 aliphatic carbocycles. The van der Waals surface area contributed by atoms with Crippen molar-refractivity contribution in [3.63, 3.8) is 0 Å². The molecule has 19 heavy (non-hydrogen) atoms. The van der Waals surface area contributed by atoms with Gasteiger partial charge in [-0.2, -0.15) is 0 Å². The Labute approximate surface area is 116 Å². The summed E-state index contributed by atoms with van der Waals surface area (Å²) in [4.78, 5) is 13.6. The Hall–Kier alpha value is -1.06. The third kappa shape index (κ3) is 3.10. The predicted octanol–water partition coefficient (Wildman–Crippen LogP) is 0.000320. The number of nitrogens with one attached hydrogen (secondary N) is 1. The smallest absolute Gasteiger partial charge is 0.284 e. The first-order chi connectivity index (χ1) is 8.94. The maximum absolute atomic E-state index is 12.1. The second kappa shape index (κ2) is 5.51. The summed E-state index contributed by atoms with van der Waals surface area (Å²) in [5.41, 5.74) is 0. The standard InChI is InChI=1S/C10H16N4O3S2/c1-3-11-19(16,17)8-4-5-14(6-8)10(15)9-13-12-7(2)18-9/h8,11H,3-6H2,1-2H3. The third-order valence-electron chi connectivity index (χ3n) is 2.93. The molecule has 2 rings (SSSR count). The largest absolute Gasteiger partial charge is 0.335 e. The van der Waals surface area contributed by atoms with Crippen LogP contribution < -0.4 is 4.72 Å². The van der Waals surface area contributed by atoms with Crippen molar-refractivity contribution < 1.29 is 13.2 Å². The Morgan fingerprint density at radius 1 is 1.53 bits per heavy atom. The zero-order chi connectivity index (χ0) is 14.0. The number of hydrogen-bond acceptors (Lipinski definition) is 6. The topological polar surface area (TPSA) is 92.3 Å². The van der Waals surface area contributed by atoms with Crippen molar-refractivity contribution in [1.29, 1.82) is 0 Å². The molecule has 0 saturated carbocycles. The van der Waals surface area contributed by atoms with Crippen LogP contribution in [0.5, 0.6) is 0 Å². The third-order valence-corrected chi connectivity index (χ3v) is 5.71. The molecular formula is C10H16N4O3S2. The van der Waals surface area contributed by atoms with Gasteiger partial charge in [-0.15, -0.1) is 10.2 Å². The van der Waals surface area contributed by atoms with Crippen LogP contribution in [0.25, 0.3) is 0 Å². The van der Waals surface area contributed by atoms with Crippen LogP contribution in [0, 0.1) is 6.92 Å². The molecule has 0 radical (unpaired) electrons. The SMILES string of the molecule is CCNS(=O)(=O)C1CCN(C(=O)c2nnc(C)s2)C1. The number of hydrogen-bond donors (Lipinski definition) is 1. The summed E-state index contributed by atoms with van der Waals surface area (Å²) < 4.78 is 26.2. The van der Waals surface area contributed by atoms with Gasteiger partial charge in [-0.3, -0.25) is 4.79 Å². The van der Waals surface area contributed by atoms with Crippen molar-refractivity contribution in [2.24, 2.45) is 0 Å². The minimum absolute atomic E-state index is 0.215. The number of likely N-dealkylation sites (tertiary alicyclic amines) is 1. The van der Waals surface area contributed by atoms with Crippen molar-refractivity contribution >= 4 is 27.3 Å². The number of nitrogens with zero attached hydrogens (tertiary/aromatic N) is 3. The van der Waals surface area contributed by atoms with Gasteiger partial charge in [-0.1, -0.05) is 18.3 Å². The van der Waals surface area contributed by atoms with Crippen LogP contribution in [0.15, 0.2) is 0 Å². The van der Waals surface area contributed by atoms with Crippen LogP contribution in [0.2, 0.25) is 0 Å². The molecular weight excluding hydrogens is 288 g/mol. The summed E-state index contributed by atoms with van der Waals surface area (Å²) in [6, 6.07) is 0. The Morgan fingerprint density at radius 3 is 2.84 bits per heavy atom. The number of rotatable bonds is 4. The molecule has 1 aromatic heterocycles. The van der Waals surface area contributed by atoms with E-state index in [-0.39, 0.29) is 12.5 Å². The maximum atomic E-state index is 12.1. The predicted molar refractivity (Wildman–Crippen MR) is 71.6 cm³/mol. The molecule has 7 nitrogen and oxygen atoms in total. The fraction of sp³-hybridized carbons (Fsp3) is 0.700. The molecule has 1 aromatic rings. The molecule has 1 amide bonds. The number of amides is 1. The van der Waals surface area contributed by atoms with E-state index in [9.17, 15) is 13.2 Å². The summed E-state index contributed by atoms with van der Waals surface area (Å²) in [5, 5.41) is 8.10. The van der Waals surface area contributed by atoms with E-state index in [1.54, 1.807) is 13.8 Å². The molecule has 1 fully saturated rings. The Bertz CT molecular complexity index is 569. The van der Waals surface area contributed by atoms with Gasteiger partial charge in [0.05, 0.1) is 5.25 Å². The zero-order valence-corrected chi connectivity index (χ0v) is 12.4. The molecule has 0 aromatic carbocycles. The Morgan fingerprint density at radius 2 is 2.26 bits per heavy atom. The molecule has 0 bridgehead atoms. The van der Waals surface area contributed by atoms with Gasteiger partial charge in [-0.05, 0) is 13.3 Å². The second-order valence-corrected chi connectivity index (χ2v) is 7.56. The van der Waals surface area contributed by atoms with Gasteiger partial charge < -0.3 is 4.90 Å². The quantitative estimate of drug-likeness (QED) is 0.845. The molecule has 1 unspecified atom stereocenters. The lowest BCUT2D eigenvalue weighted by Crippen LogP contribution is -2.37. The molecule has 2 heterocycles.